The molecule has 0 spiro atoms. The zero-order valence-electron chi connectivity index (χ0n) is 11.7. The van der Waals surface area contributed by atoms with Crippen LogP contribution in [-0.4, -0.2) is 25.7 Å². The maximum atomic E-state index is 13.1. The predicted molar refractivity (Wildman–Crippen MR) is 80.6 cm³/mol. The summed E-state index contributed by atoms with van der Waals surface area (Å²) in [5.74, 6) is -0.337. The van der Waals surface area contributed by atoms with E-state index in [1.54, 1.807) is 12.1 Å². The van der Waals surface area contributed by atoms with Gasteiger partial charge in [0.2, 0.25) is 0 Å². The van der Waals surface area contributed by atoms with E-state index in [0.29, 0.717) is 12.1 Å². The Bertz CT molecular complexity index is 572. The minimum Gasteiger partial charge on any atom is -0.387 e. The summed E-state index contributed by atoms with van der Waals surface area (Å²) in [7, 11) is 3.95. The van der Waals surface area contributed by atoms with Crippen LogP contribution in [0.2, 0.25) is 0 Å². The molecule has 2 rings (SSSR count). The highest BCUT2D eigenvalue weighted by Gasteiger charge is 2.08. The lowest BCUT2D eigenvalue weighted by Gasteiger charge is -2.16. The molecule has 0 bridgehead atoms. The number of anilines is 2. The molecule has 1 atom stereocenters. The minimum atomic E-state index is -0.742. The molecule has 0 saturated carbocycles. The molecule has 0 fully saturated rings. The summed E-state index contributed by atoms with van der Waals surface area (Å²) in [6.45, 7) is 0.334. The van der Waals surface area contributed by atoms with Crippen molar-refractivity contribution in [3.63, 3.8) is 0 Å². The van der Waals surface area contributed by atoms with E-state index in [4.69, 9.17) is 0 Å². The molecule has 0 aliphatic heterocycles. The standard InChI is InChI=1S/C16H19FN2O/c1-19(2)15-8-4-7-14(10-15)18-11-16(20)12-5-3-6-13(17)9-12/h3-10,16,18,20H,11H2,1-2H3. The Morgan fingerprint density at radius 3 is 2.60 bits per heavy atom. The van der Waals surface area contributed by atoms with Crippen molar-refractivity contribution >= 4 is 11.4 Å². The maximum absolute atomic E-state index is 13.1. The van der Waals surface area contributed by atoms with Crippen LogP contribution in [0.25, 0.3) is 0 Å². The molecule has 106 valence electrons. The molecular weight excluding hydrogens is 255 g/mol. The molecule has 2 aromatic rings. The van der Waals surface area contributed by atoms with Gasteiger partial charge in [-0.25, -0.2) is 4.39 Å². The molecule has 0 saturated heterocycles. The smallest absolute Gasteiger partial charge is 0.123 e. The summed E-state index contributed by atoms with van der Waals surface area (Å²) in [4.78, 5) is 2.01. The number of nitrogens with zero attached hydrogens (tertiary/aromatic N) is 1. The average Bonchev–Trinajstić information content (AvgIpc) is 2.45. The molecular formula is C16H19FN2O. The zero-order chi connectivity index (χ0) is 14.5. The summed E-state index contributed by atoms with van der Waals surface area (Å²) in [5.41, 5.74) is 2.57. The molecule has 0 heterocycles. The second-order valence-electron chi connectivity index (χ2n) is 4.90. The van der Waals surface area contributed by atoms with Gasteiger partial charge in [-0.05, 0) is 35.9 Å². The first-order chi connectivity index (χ1) is 9.56. The Labute approximate surface area is 118 Å². The number of aliphatic hydroxyl groups excluding tert-OH is 1. The van der Waals surface area contributed by atoms with Gasteiger partial charge in [0.25, 0.3) is 0 Å². The van der Waals surface area contributed by atoms with Gasteiger partial charge < -0.3 is 15.3 Å². The molecule has 0 aromatic heterocycles. The first-order valence-electron chi connectivity index (χ1n) is 6.51. The van der Waals surface area contributed by atoms with Crippen LogP contribution in [0, 0.1) is 5.82 Å². The third-order valence-corrected chi connectivity index (χ3v) is 3.10. The molecule has 2 aromatic carbocycles. The lowest BCUT2D eigenvalue weighted by Crippen LogP contribution is -2.13. The van der Waals surface area contributed by atoms with E-state index in [1.807, 2.05) is 43.3 Å². The van der Waals surface area contributed by atoms with Crippen molar-refractivity contribution in [2.75, 3.05) is 30.9 Å². The van der Waals surface area contributed by atoms with Gasteiger partial charge >= 0.3 is 0 Å². The number of hydrogen-bond donors (Lipinski definition) is 2. The number of rotatable bonds is 5. The highest BCUT2D eigenvalue weighted by molar-refractivity contribution is 5.57. The quantitative estimate of drug-likeness (QED) is 0.879. The van der Waals surface area contributed by atoms with Crippen LogP contribution in [0.4, 0.5) is 15.8 Å². The van der Waals surface area contributed by atoms with Crippen molar-refractivity contribution in [2.24, 2.45) is 0 Å². The molecule has 3 nitrogen and oxygen atoms in total. The van der Waals surface area contributed by atoms with E-state index < -0.39 is 6.10 Å². The highest BCUT2D eigenvalue weighted by atomic mass is 19.1. The molecule has 0 aliphatic carbocycles. The van der Waals surface area contributed by atoms with Crippen LogP contribution in [0.1, 0.15) is 11.7 Å². The third kappa shape index (κ3) is 3.71. The lowest BCUT2D eigenvalue weighted by molar-refractivity contribution is 0.191. The second-order valence-corrected chi connectivity index (χ2v) is 4.90. The fourth-order valence-corrected chi connectivity index (χ4v) is 1.94. The zero-order valence-corrected chi connectivity index (χ0v) is 11.7. The summed E-state index contributed by atoms with van der Waals surface area (Å²) in [6.07, 6.45) is -0.742. The summed E-state index contributed by atoms with van der Waals surface area (Å²) < 4.78 is 13.1. The fraction of sp³-hybridized carbons (Fsp3) is 0.250. The Hall–Kier alpha value is -2.07. The van der Waals surface area contributed by atoms with Gasteiger partial charge in [-0.15, -0.1) is 0 Å². The Balaban J connectivity index is 1.99. The first-order valence-corrected chi connectivity index (χ1v) is 6.51. The Morgan fingerprint density at radius 1 is 1.15 bits per heavy atom. The van der Waals surface area contributed by atoms with Gasteiger partial charge in [0, 0.05) is 32.0 Å². The molecule has 20 heavy (non-hydrogen) atoms. The predicted octanol–water partition coefficient (Wildman–Crippen LogP) is 3.04. The lowest BCUT2D eigenvalue weighted by atomic mass is 10.1. The van der Waals surface area contributed by atoms with Gasteiger partial charge in [-0.1, -0.05) is 18.2 Å². The summed E-state index contributed by atoms with van der Waals surface area (Å²) in [6, 6.07) is 13.9. The van der Waals surface area contributed by atoms with Crippen LogP contribution >= 0.6 is 0 Å². The van der Waals surface area contributed by atoms with Crippen molar-refractivity contribution in [2.45, 2.75) is 6.10 Å². The number of hydrogen-bond acceptors (Lipinski definition) is 3. The van der Waals surface area contributed by atoms with Crippen LogP contribution in [0.5, 0.6) is 0 Å². The fourth-order valence-electron chi connectivity index (χ4n) is 1.94. The van der Waals surface area contributed by atoms with Gasteiger partial charge in [-0.2, -0.15) is 0 Å². The van der Waals surface area contributed by atoms with Crippen LogP contribution in [-0.2, 0) is 0 Å². The van der Waals surface area contributed by atoms with E-state index in [2.05, 4.69) is 5.32 Å². The van der Waals surface area contributed by atoms with Gasteiger partial charge in [0.15, 0.2) is 0 Å². The monoisotopic (exact) mass is 274 g/mol. The number of benzene rings is 2. The number of aliphatic hydroxyl groups is 1. The largest absolute Gasteiger partial charge is 0.387 e. The summed E-state index contributed by atoms with van der Waals surface area (Å²) >= 11 is 0. The first kappa shape index (κ1) is 14.3. The van der Waals surface area contributed by atoms with Crippen molar-refractivity contribution in [1.29, 1.82) is 0 Å². The van der Waals surface area contributed by atoms with E-state index in [0.717, 1.165) is 11.4 Å². The molecule has 0 amide bonds. The number of halogens is 1. The normalized spacial score (nSPS) is 12.0. The van der Waals surface area contributed by atoms with Crippen molar-refractivity contribution in [3.05, 3.63) is 59.9 Å². The van der Waals surface area contributed by atoms with Gasteiger partial charge in [-0.3, -0.25) is 0 Å². The summed E-state index contributed by atoms with van der Waals surface area (Å²) in [5, 5.41) is 13.2. The Morgan fingerprint density at radius 2 is 1.90 bits per heavy atom. The van der Waals surface area contributed by atoms with Crippen LogP contribution in [0.3, 0.4) is 0 Å². The molecule has 0 aliphatic rings. The SMILES string of the molecule is CN(C)c1cccc(NCC(O)c2cccc(F)c2)c1. The van der Waals surface area contributed by atoms with Crippen LogP contribution < -0.4 is 10.2 Å². The van der Waals surface area contributed by atoms with Crippen molar-refractivity contribution in [3.8, 4) is 0 Å². The average molecular weight is 274 g/mol. The van der Waals surface area contributed by atoms with Crippen LogP contribution in [0.15, 0.2) is 48.5 Å². The van der Waals surface area contributed by atoms with Crippen molar-refractivity contribution < 1.29 is 9.50 Å². The van der Waals surface area contributed by atoms with E-state index in [-0.39, 0.29) is 5.82 Å². The highest BCUT2D eigenvalue weighted by Crippen LogP contribution is 2.19. The maximum Gasteiger partial charge on any atom is 0.123 e. The topological polar surface area (TPSA) is 35.5 Å². The van der Waals surface area contributed by atoms with E-state index in [9.17, 15) is 9.50 Å². The van der Waals surface area contributed by atoms with E-state index in [1.165, 1.54) is 12.1 Å². The van der Waals surface area contributed by atoms with E-state index >= 15 is 0 Å². The molecule has 2 N–H and O–H groups in total. The second kappa shape index (κ2) is 6.39. The molecule has 1 unspecified atom stereocenters. The molecule has 0 radical (unpaired) electrons. The molecule has 4 heteroatoms. The van der Waals surface area contributed by atoms with Crippen molar-refractivity contribution in [1.82, 2.24) is 0 Å². The van der Waals surface area contributed by atoms with Gasteiger partial charge in [0.1, 0.15) is 5.82 Å². The third-order valence-electron chi connectivity index (χ3n) is 3.10. The number of nitrogens with one attached hydrogen (secondary N) is 1. The minimum absolute atomic E-state index is 0.334. The van der Waals surface area contributed by atoms with Gasteiger partial charge in [0.05, 0.1) is 6.10 Å². The Kier molecular flexibility index (Phi) is 4.58.